The van der Waals surface area contributed by atoms with Gasteiger partial charge in [-0.15, -0.1) is 10.2 Å². The summed E-state index contributed by atoms with van der Waals surface area (Å²) in [5.74, 6) is 0.762. The number of methoxy groups -OCH3 is 1. The summed E-state index contributed by atoms with van der Waals surface area (Å²) in [4.78, 5) is 22.6. The molecule has 13 heteroatoms. The molecule has 1 aliphatic carbocycles. The van der Waals surface area contributed by atoms with Gasteiger partial charge in [-0.05, 0) is 78.2 Å². The smallest absolute Gasteiger partial charge is 0.226 e. The molecule has 4 aromatic rings. The molecule has 1 amide bonds. The van der Waals surface area contributed by atoms with Crippen LogP contribution in [0, 0.1) is 29.6 Å². The Morgan fingerprint density at radius 2 is 2.19 bits per heavy atom. The zero-order valence-corrected chi connectivity index (χ0v) is 26.5. The van der Waals surface area contributed by atoms with Crippen molar-refractivity contribution in [2.24, 2.45) is 11.3 Å². The lowest BCUT2D eigenvalue weighted by atomic mass is 9.74. The summed E-state index contributed by atoms with van der Waals surface area (Å²) in [5, 5.41) is 31.5. The third-order valence-corrected chi connectivity index (χ3v) is 9.46. The van der Waals surface area contributed by atoms with Gasteiger partial charge in [0.05, 0.1) is 29.2 Å². The van der Waals surface area contributed by atoms with E-state index in [1.807, 2.05) is 25.1 Å². The Balaban J connectivity index is 1.42. The number of nitrogens with zero attached hydrogens (tertiary/aromatic N) is 7. The highest BCUT2D eigenvalue weighted by Gasteiger charge is 2.47. The first-order valence-electron chi connectivity index (χ1n) is 14.0. The maximum absolute atomic E-state index is 13.2. The van der Waals surface area contributed by atoms with Gasteiger partial charge in [-0.2, -0.15) is 15.3 Å². The Morgan fingerprint density at radius 1 is 1.36 bits per heavy atom. The molecule has 0 spiro atoms. The van der Waals surface area contributed by atoms with Crippen LogP contribution in [0.25, 0.3) is 27.3 Å². The quantitative estimate of drug-likeness (QED) is 0.208. The molecular weight excluding hydrogens is 618 g/mol. The third kappa shape index (κ3) is 6.02. The standard InChI is InChI=1S/C29H34BrN9O2S/c1-17(2)29(27(40)32-12-13-41-4)10-9-20(15-29)34-28-33-16-23-24(30)38-39(25(23)35-28)21-7-8-22(19(14-21)6-5-11-31)26-37-36-18(3)42-26/h7-8,14,16-17,20H,5-6,9-10,12-13,15H2,1-4H3,(H,32,40)(H,33,34,35)/t20-,29-/m1/s1. The second-order valence-corrected chi connectivity index (χ2v) is 12.8. The Kier molecular flexibility index (Phi) is 9.15. The van der Waals surface area contributed by atoms with Crippen LogP contribution in [0.15, 0.2) is 29.0 Å². The summed E-state index contributed by atoms with van der Waals surface area (Å²) in [7, 11) is 1.63. The van der Waals surface area contributed by atoms with Crippen molar-refractivity contribution >= 4 is 50.2 Å². The fourth-order valence-corrected chi connectivity index (χ4v) is 6.85. The predicted molar refractivity (Wildman–Crippen MR) is 165 cm³/mol. The van der Waals surface area contributed by atoms with Gasteiger partial charge in [0.15, 0.2) is 5.65 Å². The fourth-order valence-electron chi connectivity index (χ4n) is 5.66. The number of rotatable bonds is 11. The number of nitrogens with one attached hydrogen (secondary N) is 2. The molecule has 0 bridgehead atoms. The van der Waals surface area contributed by atoms with Crippen LogP contribution in [-0.2, 0) is 16.0 Å². The highest BCUT2D eigenvalue weighted by molar-refractivity contribution is 9.10. The predicted octanol–water partition coefficient (Wildman–Crippen LogP) is 5.23. The average Bonchev–Trinajstić information content (AvgIpc) is 3.69. The number of ether oxygens (including phenoxy) is 1. The molecule has 1 aromatic carbocycles. The third-order valence-electron chi connectivity index (χ3n) is 8.01. The molecule has 5 rings (SSSR count). The molecule has 2 N–H and O–H groups in total. The van der Waals surface area contributed by atoms with Gasteiger partial charge in [-0.1, -0.05) is 25.2 Å². The molecule has 0 unspecified atom stereocenters. The van der Waals surface area contributed by atoms with Crippen LogP contribution in [0.4, 0.5) is 5.95 Å². The van der Waals surface area contributed by atoms with Crippen LogP contribution < -0.4 is 10.6 Å². The zero-order chi connectivity index (χ0) is 29.9. The topological polar surface area (TPSA) is 144 Å². The minimum Gasteiger partial charge on any atom is -0.383 e. The number of anilines is 1. The number of benzene rings is 1. The van der Waals surface area contributed by atoms with E-state index in [9.17, 15) is 10.1 Å². The molecule has 0 saturated heterocycles. The SMILES string of the molecule is COCCNC(=O)[C@]1(C(C)C)CC[C@@H](Nc2ncc3c(Br)nn(-c4ccc(-c5nnc(C)s5)c(CCC#N)c4)c3n2)C1. The number of nitriles is 1. The van der Waals surface area contributed by atoms with Crippen molar-refractivity contribution in [1.29, 1.82) is 5.26 Å². The van der Waals surface area contributed by atoms with Crippen molar-refractivity contribution in [3.05, 3.63) is 39.6 Å². The van der Waals surface area contributed by atoms with E-state index in [4.69, 9.17) is 14.8 Å². The minimum atomic E-state index is -0.451. The van der Waals surface area contributed by atoms with Crippen molar-refractivity contribution in [2.75, 3.05) is 25.6 Å². The maximum Gasteiger partial charge on any atom is 0.226 e. The number of amides is 1. The molecular formula is C29H34BrN9O2S. The summed E-state index contributed by atoms with van der Waals surface area (Å²) < 4.78 is 7.53. The summed E-state index contributed by atoms with van der Waals surface area (Å²) in [6, 6.07) is 8.32. The number of carbonyl (C=O) groups is 1. The molecule has 1 aliphatic rings. The highest BCUT2D eigenvalue weighted by atomic mass is 79.9. The van der Waals surface area contributed by atoms with Gasteiger partial charge in [-0.25, -0.2) is 9.67 Å². The summed E-state index contributed by atoms with van der Waals surface area (Å²) in [5.41, 5.74) is 2.98. The molecule has 42 heavy (non-hydrogen) atoms. The van der Waals surface area contributed by atoms with Gasteiger partial charge in [0.1, 0.15) is 14.6 Å². The van der Waals surface area contributed by atoms with Crippen LogP contribution in [-0.4, -0.2) is 62.2 Å². The number of hydrogen-bond donors (Lipinski definition) is 2. The first kappa shape index (κ1) is 30.0. The van der Waals surface area contributed by atoms with Gasteiger partial charge >= 0.3 is 0 Å². The van der Waals surface area contributed by atoms with Gasteiger partial charge in [-0.3, -0.25) is 4.79 Å². The summed E-state index contributed by atoms with van der Waals surface area (Å²) in [6.07, 6.45) is 5.06. The van der Waals surface area contributed by atoms with E-state index < -0.39 is 5.41 Å². The van der Waals surface area contributed by atoms with Crippen LogP contribution in [0.1, 0.15) is 50.1 Å². The lowest BCUT2D eigenvalue weighted by Gasteiger charge is -2.32. The second-order valence-electron chi connectivity index (χ2n) is 10.9. The van der Waals surface area contributed by atoms with E-state index >= 15 is 0 Å². The zero-order valence-electron chi connectivity index (χ0n) is 24.1. The van der Waals surface area contributed by atoms with Gasteiger partial charge in [0.2, 0.25) is 11.9 Å². The summed E-state index contributed by atoms with van der Waals surface area (Å²) in [6.45, 7) is 7.14. The highest BCUT2D eigenvalue weighted by Crippen LogP contribution is 2.45. The number of carbonyl (C=O) groups excluding carboxylic acids is 1. The van der Waals surface area contributed by atoms with Crippen molar-refractivity contribution < 1.29 is 9.53 Å². The lowest BCUT2D eigenvalue weighted by molar-refractivity contribution is -0.133. The molecule has 0 radical (unpaired) electrons. The molecule has 1 fully saturated rings. The van der Waals surface area contributed by atoms with E-state index in [1.165, 1.54) is 11.3 Å². The van der Waals surface area contributed by atoms with Gasteiger partial charge < -0.3 is 15.4 Å². The Labute approximate surface area is 257 Å². The number of aromatic nitrogens is 6. The molecule has 11 nitrogen and oxygen atoms in total. The monoisotopic (exact) mass is 651 g/mol. The maximum atomic E-state index is 13.2. The number of fused-ring (bicyclic) bond motifs is 1. The van der Waals surface area contributed by atoms with Crippen LogP contribution in [0.5, 0.6) is 0 Å². The lowest BCUT2D eigenvalue weighted by Crippen LogP contribution is -2.44. The molecule has 0 aliphatic heterocycles. The number of halogens is 1. The van der Waals surface area contributed by atoms with E-state index in [1.54, 1.807) is 18.0 Å². The molecule has 2 atom stereocenters. The van der Waals surface area contributed by atoms with Gasteiger partial charge in [0, 0.05) is 37.9 Å². The number of hydrogen-bond acceptors (Lipinski definition) is 10. The minimum absolute atomic E-state index is 0.0602. The van der Waals surface area contributed by atoms with Crippen LogP contribution in [0.3, 0.4) is 0 Å². The Bertz CT molecular complexity index is 1630. The Hall–Kier alpha value is -3.47. The van der Waals surface area contributed by atoms with Crippen molar-refractivity contribution in [3.63, 3.8) is 0 Å². The first-order chi connectivity index (χ1) is 20.3. The van der Waals surface area contributed by atoms with Crippen molar-refractivity contribution in [1.82, 2.24) is 35.3 Å². The van der Waals surface area contributed by atoms with Gasteiger partial charge in [0.25, 0.3) is 0 Å². The largest absolute Gasteiger partial charge is 0.383 e. The molecule has 1 saturated carbocycles. The number of aryl methyl sites for hydroxylation is 2. The fraction of sp³-hybridized carbons (Fsp3) is 0.483. The van der Waals surface area contributed by atoms with E-state index in [0.29, 0.717) is 48.6 Å². The molecule has 3 aromatic heterocycles. The normalized spacial score (nSPS) is 18.5. The second kappa shape index (κ2) is 12.8. The van der Waals surface area contributed by atoms with Crippen molar-refractivity contribution in [3.8, 4) is 22.3 Å². The van der Waals surface area contributed by atoms with E-state index in [0.717, 1.165) is 45.1 Å². The molecule has 3 heterocycles. The van der Waals surface area contributed by atoms with Crippen molar-refractivity contribution in [2.45, 2.75) is 58.9 Å². The summed E-state index contributed by atoms with van der Waals surface area (Å²) >= 11 is 5.10. The first-order valence-corrected chi connectivity index (χ1v) is 15.6. The van der Waals surface area contributed by atoms with Crippen LogP contribution >= 0.6 is 27.3 Å². The average molecular weight is 653 g/mol. The van der Waals surface area contributed by atoms with E-state index in [-0.39, 0.29) is 17.9 Å². The van der Waals surface area contributed by atoms with E-state index in [2.05, 4.69) is 61.7 Å². The van der Waals surface area contributed by atoms with Crippen LogP contribution in [0.2, 0.25) is 0 Å². The molecule has 220 valence electrons. The Morgan fingerprint density at radius 3 is 2.90 bits per heavy atom.